The first kappa shape index (κ1) is 11.5. The van der Waals surface area contributed by atoms with Gasteiger partial charge in [-0.05, 0) is 12.1 Å². The first-order valence-corrected chi connectivity index (χ1v) is 4.39. The maximum Gasteiger partial charge on any atom is 0.342 e. The van der Waals surface area contributed by atoms with Crippen LogP contribution in [0.2, 0.25) is 0 Å². The van der Waals surface area contributed by atoms with E-state index in [4.69, 9.17) is 10.2 Å². The summed E-state index contributed by atoms with van der Waals surface area (Å²) >= 11 is 0. The molecule has 5 nitrogen and oxygen atoms in total. The number of carbonyl (C=O) groups excluding carboxylic acids is 1. The van der Waals surface area contributed by atoms with Crippen LogP contribution < -0.4 is 0 Å². The molecule has 0 saturated heterocycles. The number of aliphatic hydroxyl groups is 2. The van der Waals surface area contributed by atoms with Crippen LogP contribution in [-0.4, -0.2) is 40.6 Å². The minimum Gasteiger partial charge on any atom is -0.507 e. The molecule has 0 heterocycles. The fourth-order valence-corrected chi connectivity index (χ4v) is 0.949. The molecular weight excluding hydrogens is 200 g/mol. The maximum atomic E-state index is 11.3. The normalized spacial score (nSPS) is 12.1. The van der Waals surface area contributed by atoms with Crippen LogP contribution in [0.4, 0.5) is 0 Å². The van der Waals surface area contributed by atoms with E-state index in [1.54, 1.807) is 12.1 Å². The van der Waals surface area contributed by atoms with Gasteiger partial charge in [0.25, 0.3) is 0 Å². The number of para-hydroxylation sites is 1. The highest BCUT2D eigenvalue weighted by atomic mass is 16.5. The van der Waals surface area contributed by atoms with Crippen molar-refractivity contribution in [2.45, 2.75) is 6.10 Å². The van der Waals surface area contributed by atoms with E-state index in [0.29, 0.717) is 0 Å². The van der Waals surface area contributed by atoms with E-state index in [-0.39, 0.29) is 17.9 Å². The molecule has 1 rings (SSSR count). The Morgan fingerprint density at radius 3 is 2.67 bits per heavy atom. The lowest BCUT2D eigenvalue weighted by Gasteiger charge is -2.08. The van der Waals surface area contributed by atoms with E-state index in [1.807, 2.05) is 0 Å². The molecule has 0 amide bonds. The third kappa shape index (κ3) is 3.23. The number of esters is 1. The molecule has 0 bridgehead atoms. The number of rotatable bonds is 4. The number of benzene rings is 1. The lowest BCUT2D eigenvalue weighted by molar-refractivity contribution is 0.00913. The predicted octanol–water partition coefficient (Wildman–Crippen LogP) is -0.0978. The molecule has 1 unspecified atom stereocenters. The number of carbonyl (C=O) groups is 1. The molecule has 0 aliphatic carbocycles. The zero-order valence-corrected chi connectivity index (χ0v) is 7.96. The summed E-state index contributed by atoms with van der Waals surface area (Å²) in [4.78, 5) is 11.3. The Bertz CT molecular complexity index is 336. The SMILES string of the molecule is O=C(OCC(O)CO)c1ccccc1O. The molecule has 3 N–H and O–H groups in total. The first-order valence-electron chi connectivity index (χ1n) is 4.39. The maximum absolute atomic E-state index is 11.3. The third-order valence-electron chi connectivity index (χ3n) is 1.74. The van der Waals surface area contributed by atoms with E-state index in [1.165, 1.54) is 12.1 Å². The number of ether oxygens (including phenoxy) is 1. The van der Waals surface area contributed by atoms with Gasteiger partial charge >= 0.3 is 5.97 Å². The number of phenolic OH excluding ortho intramolecular Hbond substituents is 1. The molecule has 0 aromatic heterocycles. The van der Waals surface area contributed by atoms with Crippen LogP contribution in [-0.2, 0) is 4.74 Å². The number of aliphatic hydroxyl groups excluding tert-OH is 2. The number of phenols is 1. The Kier molecular flexibility index (Phi) is 4.08. The molecule has 5 heteroatoms. The Morgan fingerprint density at radius 2 is 2.07 bits per heavy atom. The van der Waals surface area contributed by atoms with Crippen LogP contribution in [0.25, 0.3) is 0 Å². The Labute approximate surface area is 86.5 Å². The number of aromatic hydroxyl groups is 1. The summed E-state index contributed by atoms with van der Waals surface area (Å²) < 4.78 is 4.65. The minimum absolute atomic E-state index is 0.0302. The summed E-state index contributed by atoms with van der Waals surface area (Å²) in [6, 6.07) is 5.93. The monoisotopic (exact) mass is 212 g/mol. The largest absolute Gasteiger partial charge is 0.507 e. The topological polar surface area (TPSA) is 87.0 Å². The van der Waals surface area contributed by atoms with Gasteiger partial charge in [-0.25, -0.2) is 4.79 Å². The van der Waals surface area contributed by atoms with Crippen LogP contribution in [0, 0.1) is 0 Å². The van der Waals surface area contributed by atoms with Crippen LogP contribution in [0.3, 0.4) is 0 Å². The average molecular weight is 212 g/mol. The van der Waals surface area contributed by atoms with Gasteiger partial charge in [-0.3, -0.25) is 0 Å². The average Bonchev–Trinajstić information content (AvgIpc) is 2.26. The van der Waals surface area contributed by atoms with Gasteiger partial charge < -0.3 is 20.1 Å². The Morgan fingerprint density at radius 1 is 1.40 bits per heavy atom. The lowest BCUT2D eigenvalue weighted by Crippen LogP contribution is -2.21. The van der Waals surface area contributed by atoms with Crippen molar-refractivity contribution < 1.29 is 24.9 Å². The second-order valence-corrected chi connectivity index (χ2v) is 2.95. The third-order valence-corrected chi connectivity index (χ3v) is 1.74. The Balaban J connectivity index is 2.58. The van der Waals surface area contributed by atoms with Gasteiger partial charge in [-0.2, -0.15) is 0 Å². The molecule has 82 valence electrons. The quantitative estimate of drug-likeness (QED) is 0.607. The van der Waals surface area contributed by atoms with Crippen LogP contribution >= 0.6 is 0 Å². The van der Waals surface area contributed by atoms with Crippen LogP contribution in [0.15, 0.2) is 24.3 Å². The van der Waals surface area contributed by atoms with Crippen LogP contribution in [0.5, 0.6) is 5.75 Å². The molecule has 0 fully saturated rings. The molecule has 0 saturated carbocycles. The standard InChI is InChI=1S/C10H12O5/c11-5-7(12)6-15-10(14)8-3-1-2-4-9(8)13/h1-4,7,11-13H,5-6H2. The second kappa shape index (κ2) is 5.33. The van der Waals surface area contributed by atoms with E-state index in [0.717, 1.165) is 0 Å². The van der Waals surface area contributed by atoms with Crippen molar-refractivity contribution in [2.75, 3.05) is 13.2 Å². The molecule has 0 radical (unpaired) electrons. The molecule has 1 atom stereocenters. The van der Waals surface area contributed by atoms with E-state index in [9.17, 15) is 9.90 Å². The molecular formula is C10H12O5. The summed E-state index contributed by atoms with van der Waals surface area (Å²) in [6.07, 6.45) is -1.10. The van der Waals surface area contributed by atoms with Crippen molar-refractivity contribution in [1.29, 1.82) is 0 Å². The smallest absolute Gasteiger partial charge is 0.342 e. The van der Waals surface area contributed by atoms with Gasteiger partial charge in [-0.15, -0.1) is 0 Å². The molecule has 1 aromatic rings. The molecule has 0 aliphatic heterocycles. The summed E-state index contributed by atoms with van der Waals surface area (Å²) in [5.41, 5.74) is 0.0302. The molecule has 1 aromatic carbocycles. The van der Waals surface area contributed by atoms with Gasteiger partial charge in [0.15, 0.2) is 0 Å². The first-order chi connectivity index (χ1) is 7.15. The molecule has 0 spiro atoms. The van der Waals surface area contributed by atoms with Crippen molar-refractivity contribution in [3.8, 4) is 5.75 Å². The summed E-state index contributed by atoms with van der Waals surface area (Å²) in [5.74, 6) is -0.915. The fraction of sp³-hybridized carbons (Fsp3) is 0.300. The van der Waals surface area contributed by atoms with Gasteiger partial charge in [0.2, 0.25) is 0 Å². The highest BCUT2D eigenvalue weighted by Gasteiger charge is 2.13. The summed E-state index contributed by atoms with van der Waals surface area (Å²) in [7, 11) is 0. The number of hydrogen-bond acceptors (Lipinski definition) is 5. The summed E-state index contributed by atoms with van der Waals surface area (Å²) in [6.45, 7) is -0.780. The molecule has 15 heavy (non-hydrogen) atoms. The van der Waals surface area contributed by atoms with Crippen molar-refractivity contribution >= 4 is 5.97 Å². The molecule has 0 aliphatic rings. The van der Waals surface area contributed by atoms with E-state index < -0.39 is 18.7 Å². The van der Waals surface area contributed by atoms with E-state index >= 15 is 0 Å². The summed E-state index contributed by atoms with van der Waals surface area (Å²) in [5, 5.41) is 26.7. The Hall–Kier alpha value is -1.59. The van der Waals surface area contributed by atoms with Gasteiger partial charge in [0.1, 0.15) is 24.0 Å². The highest BCUT2D eigenvalue weighted by Crippen LogP contribution is 2.16. The van der Waals surface area contributed by atoms with Gasteiger partial charge in [0.05, 0.1) is 6.61 Å². The van der Waals surface area contributed by atoms with Crippen molar-refractivity contribution in [1.82, 2.24) is 0 Å². The number of hydrogen-bond donors (Lipinski definition) is 3. The van der Waals surface area contributed by atoms with Crippen molar-refractivity contribution in [2.24, 2.45) is 0 Å². The highest BCUT2D eigenvalue weighted by molar-refractivity contribution is 5.92. The predicted molar refractivity (Wildman–Crippen MR) is 51.5 cm³/mol. The second-order valence-electron chi connectivity index (χ2n) is 2.95. The zero-order valence-electron chi connectivity index (χ0n) is 7.96. The lowest BCUT2D eigenvalue weighted by atomic mass is 10.2. The van der Waals surface area contributed by atoms with Crippen molar-refractivity contribution in [3.63, 3.8) is 0 Å². The van der Waals surface area contributed by atoms with Crippen LogP contribution in [0.1, 0.15) is 10.4 Å². The fourth-order valence-electron chi connectivity index (χ4n) is 0.949. The van der Waals surface area contributed by atoms with E-state index in [2.05, 4.69) is 4.74 Å². The van der Waals surface area contributed by atoms with Gasteiger partial charge in [-0.1, -0.05) is 12.1 Å². The zero-order chi connectivity index (χ0) is 11.3. The minimum atomic E-state index is -1.10. The van der Waals surface area contributed by atoms with Gasteiger partial charge in [0, 0.05) is 0 Å². The van der Waals surface area contributed by atoms with Crippen molar-refractivity contribution in [3.05, 3.63) is 29.8 Å².